The van der Waals surface area contributed by atoms with E-state index in [1.165, 1.54) is 6.42 Å². The Bertz CT molecular complexity index is 945. The Balaban J connectivity index is 1.68. The summed E-state index contributed by atoms with van der Waals surface area (Å²) >= 11 is 1.15. The predicted octanol–water partition coefficient (Wildman–Crippen LogP) is 3.86. The molecule has 3 heterocycles. The fourth-order valence-electron chi connectivity index (χ4n) is 5.02. The zero-order valence-electron chi connectivity index (χ0n) is 20.5. The van der Waals surface area contributed by atoms with Gasteiger partial charge in [-0.3, -0.25) is 9.69 Å². The molecule has 1 saturated carbocycles. The minimum atomic E-state index is -1.02. The molecule has 4 rings (SSSR count). The third-order valence-electron chi connectivity index (χ3n) is 6.76. The van der Waals surface area contributed by atoms with Gasteiger partial charge in [-0.1, -0.05) is 31.1 Å². The minimum Gasteiger partial charge on any atom is -0.477 e. The molecule has 2 aliphatic heterocycles. The molecule has 1 N–H and O–H groups in total. The van der Waals surface area contributed by atoms with Crippen LogP contribution in [0, 0.1) is 23.2 Å². The van der Waals surface area contributed by atoms with Crippen molar-refractivity contribution in [3.8, 4) is 11.8 Å². The van der Waals surface area contributed by atoms with Gasteiger partial charge >= 0.3 is 5.97 Å². The molecule has 1 unspecified atom stereocenters. The summed E-state index contributed by atoms with van der Waals surface area (Å²) < 4.78 is 11.6. The predicted molar refractivity (Wildman–Crippen MR) is 132 cm³/mol. The Morgan fingerprint density at radius 2 is 1.91 bits per heavy atom. The van der Waals surface area contributed by atoms with E-state index in [-0.39, 0.29) is 22.2 Å². The van der Waals surface area contributed by atoms with Crippen LogP contribution in [0.2, 0.25) is 0 Å². The lowest BCUT2D eigenvalue weighted by Gasteiger charge is -2.44. The highest BCUT2D eigenvalue weighted by Crippen LogP contribution is 2.39. The van der Waals surface area contributed by atoms with E-state index in [4.69, 9.17) is 9.47 Å². The highest BCUT2D eigenvalue weighted by molar-refractivity contribution is 7.15. The van der Waals surface area contributed by atoms with Crippen molar-refractivity contribution in [3.05, 3.63) is 15.8 Å². The van der Waals surface area contributed by atoms with E-state index in [9.17, 15) is 14.7 Å². The van der Waals surface area contributed by atoms with Crippen LogP contribution in [0.15, 0.2) is 6.07 Å². The summed E-state index contributed by atoms with van der Waals surface area (Å²) in [6.07, 6.45) is 4.95. The molecular formula is C26H36N2O5S. The van der Waals surface area contributed by atoms with Gasteiger partial charge in [-0.05, 0) is 45.6 Å². The van der Waals surface area contributed by atoms with E-state index < -0.39 is 12.1 Å². The third-order valence-corrected chi connectivity index (χ3v) is 7.79. The van der Waals surface area contributed by atoms with Gasteiger partial charge in [-0.15, -0.1) is 11.3 Å². The van der Waals surface area contributed by atoms with Crippen molar-refractivity contribution in [1.82, 2.24) is 4.90 Å². The number of rotatable bonds is 5. The SMILES string of the molecule is CC(C)(C)C#Cc1cc(N2C(=O)[C@@H](CN3CCOCC3)OCC2C2CCCCC2)c(C(=O)O)s1. The average Bonchev–Trinajstić information content (AvgIpc) is 3.24. The lowest BCUT2D eigenvalue weighted by molar-refractivity contribution is -0.140. The molecule has 0 bridgehead atoms. The van der Waals surface area contributed by atoms with Crippen molar-refractivity contribution in [3.63, 3.8) is 0 Å². The van der Waals surface area contributed by atoms with Gasteiger partial charge in [0.15, 0.2) is 0 Å². The highest BCUT2D eigenvalue weighted by atomic mass is 32.1. The number of carboxylic acids is 1. The van der Waals surface area contributed by atoms with E-state index in [0.717, 1.165) is 50.1 Å². The van der Waals surface area contributed by atoms with Crippen LogP contribution in [0.1, 0.15) is 67.4 Å². The number of aromatic carboxylic acids is 1. The van der Waals surface area contributed by atoms with Crippen LogP contribution < -0.4 is 4.90 Å². The number of hydrogen-bond donors (Lipinski definition) is 1. The number of thiophene rings is 1. The Hall–Kier alpha value is -1.92. The van der Waals surface area contributed by atoms with Gasteiger partial charge in [-0.25, -0.2) is 4.79 Å². The quantitative estimate of drug-likeness (QED) is 0.634. The van der Waals surface area contributed by atoms with Crippen molar-refractivity contribution in [2.45, 2.75) is 65.0 Å². The second-order valence-electron chi connectivity index (χ2n) is 10.5. The Labute approximate surface area is 206 Å². The van der Waals surface area contributed by atoms with Crippen molar-refractivity contribution in [2.75, 3.05) is 44.4 Å². The molecule has 186 valence electrons. The molecule has 0 radical (unpaired) electrons. The van der Waals surface area contributed by atoms with Gasteiger partial charge in [0.1, 0.15) is 11.0 Å². The molecule has 3 aliphatic rings. The average molecular weight is 489 g/mol. The fraction of sp³-hybridized carbons (Fsp3) is 0.692. The molecule has 1 aromatic rings. The smallest absolute Gasteiger partial charge is 0.348 e. The molecule has 1 aliphatic carbocycles. The normalized spacial score (nSPS) is 25.1. The number of ether oxygens (including phenoxy) is 2. The monoisotopic (exact) mass is 488 g/mol. The number of nitrogens with zero attached hydrogens (tertiary/aromatic N) is 2. The molecule has 8 heteroatoms. The van der Waals surface area contributed by atoms with Gasteiger partial charge in [0.25, 0.3) is 5.91 Å². The number of carboxylic acid groups (broad SMARTS) is 1. The molecule has 34 heavy (non-hydrogen) atoms. The number of carbonyl (C=O) groups is 2. The summed E-state index contributed by atoms with van der Waals surface area (Å²) in [6, 6.07) is 1.66. The molecule has 1 amide bonds. The van der Waals surface area contributed by atoms with E-state index in [0.29, 0.717) is 42.8 Å². The molecular weight excluding hydrogens is 452 g/mol. The van der Waals surface area contributed by atoms with E-state index in [1.54, 1.807) is 11.0 Å². The Kier molecular flexibility index (Phi) is 7.98. The number of hydrogen-bond acceptors (Lipinski definition) is 6. The van der Waals surface area contributed by atoms with Crippen LogP contribution in [0.25, 0.3) is 0 Å². The molecule has 0 aromatic carbocycles. The molecule has 0 spiro atoms. The first-order valence-electron chi connectivity index (χ1n) is 12.4. The van der Waals surface area contributed by atoms with Crippen molar-refractivity contribution in [2.24, 2.45) is 11.3 Å². The molecule has 1 aromatic heterocycles. The number of carbonyl (C=O) groups excluding carboxylic acids is 1. The van der Waals surface area contributed by atoms with Gasteiger partial charge in [0.05, 0.1) is 36.4 Å². The zero-order valence-corrected chi connectivity index (χ0v) is 21.3. The third kappa shape index (κ3) is 6.01. The van der Waals surface area contributed by atoms with Crippen molar-refractivity contribution < 1.29 is 24.2 Å². The maximum absolute atomic E-state index is 13.9. The standard InChI is InChI=1S/C26H36N2O5S/c1-26(2,3)10-9-19-15-20(23(34-19)25(30)31)28-21(18-7-5-4-6-8-18)17-33-22(24(28)29)16-27-11-13-32-14-12-27/h15,18,21-22H,4-8,11-14,16-17H2,1-3H3,(H,30,31)/t21?,22-/m1/s1. The van der Waals surface area contributed by atoms with Gasteiger partial charge in [-0.2, -0.15) is 0 Å². The molecule has 2 saturated heterocycles. The van der Waals surface area contributed by atoms with Gasteiger partial charge in [0.2, 0.25) is 0 Å². The van der Waals surface area contributed by atoms with E-state index in [1.807, 2.05) is 20.8 Å². The number of amides is 1. The summed E-state index contributed by atoms with van der Waals surface area (Å²) in [7, 11) is 0. The van der Waals surface area contributed by atoms with Crippen LogP contribution in [0.4, 0.5) is 5.69 Å². The summed E-state index contributed by atoms with van der Waals surface area (Å²) in [5.74, 6) is 5.49. The first-order valence-corrected chi connectivity index (χ1v) is 13.2. The van der Waals surface area contributed by atoms with Crippen molar-refractivity contribution in [1.29, 1.82) is 0 Å². The maximum atomic E-state index is 13.9. The van der Waals surface area contributed by atoms with Crippen molar-refractivity contribution >= 4 is 28.9 Å². The molecule has 3 fully saturated rings. The highest BCUT2D eigenvalue weighted by Gasteiger charge is 2.43. The Morgan fingerprint density at radius 3 is 2.56 bits per heavy atom. The van der Waals surface area contributed by atoms with Crippen LogP contribution >= 0.6 is 11.3 Å². The first-order chi connectivity index (χ1) is 16.2. The van der Waals surface area contributed by atoms with Crippen LogP contribution in [0.3, 0.4) is 0 Å². The summed E-state index contributed by atoms with van der Waals surface area (Å²) in [6.45, 7) is 9.84. The minimum absolute atomic E-state index is 0.135. The topological polar surface area (TPSA) is 79.3 Å². The van der Waals surface area contributed by atoms with E-state index >= 15 is 0 Å². The van der Waals surface area contributed by atoms with Crippen LogP contribution in [0.5, 0.6) is 0 Å². The van der Waals surface area contributed by atoms with Gasteiger partial charge < -0.3 is 19.5 Å². The summed E-state index contributed by atoms with van der Waals surface area (Å²) in [4.78, 5) is 30.9. The van der Waals surface area contributed by atoms with Crippen LogP contribution in [-0.2, 0) is 14.3 Å². The fourth-order valence-corrected chi connectivity index (χ4v) is 5.86. The maximum Gasteiger partial charge on any atom is 0.348 e. The van der Waals surface area contributed by atoms with E-state index in [2.05, 4.69) is 16.7 Å². The lowest BCUT2D eigenvalue weighted by Crippen LogP contribution is -2.60. The molecule has 2 atom stereocenters. The Morgan fingerprint density at radius 1 is 1.21 bits per heavy atom. The summed E-state index contributed by atoms with van der Waals surface area (Å²) in [5, 5.41) is 10.0. The van der Waals surface area contributed by atoms with Gasteiger partial charge in [0, 0.05) is 25.0 Å². The first kappa shape index (κ1) is 25.2. The zero-order chi connectivity index (χ0) is 24.3. The second-order valence-corrected chi connectivity index (χ2v) is 11.6. The molecule has 7 nitrogen and oxygen atoms in total. The number of morpholine rings is 2. The second kappa shape index (κ2) is 10.8. The number of anilines is 1. The largest absolute Gasteiger partial charge is 0.477 e. The van der Waals surface area contributed by atoms with Crippen LogP contribution in [-0.4, -0.2) is 73.5 Å². The lowest BCUT2D eigenvalue weighted by atomic mass is 9.82. The summed E-state index contributed by atoms with van der Waals surface area (Å²) in [5.41, 5.74) is 0.280.